The Bertz CT molecular complexity index is 452. The average Bonchev–Trinajstić information content (AvgIpc) is 2.96. The zero-order valence-corrected chi connectivity index (χ0v) is 12.9. The molecule has 7 heteroatoms. The molecule has 0 aliphatic heterocycles. The lowest BCUT2D eigenvalue weighted by Crippen LogP contribution is -2.38. The van der Waals surface area contributed by atoms with Gasteiger partial charge in [0.25, 0.3) is 5.91 Å². The maximum atomic E-state index is 10.8. The molecule has 0 bridgehead atoms. The van der Waals surface area contributed by atoms with E-state index in [9.17, 15) is 4.79 Å². The smallest absolute Gasteiger partial charge is 0.284 e. The first kappa shape index (κ1) is 15.8. The van der Waals surface area contributed by atoms with Gasteiger partial charge >= 0.3 is 0 Å². The molecule has 5 N–H and O–H groups in total. The molecule has 0 radical (unpaired) electrons. The molecule has 1 aromatic rings. The van der Waals surface area contributed by atoms with E-state index < -0.39 is 5.91 Å². The second-order valence-corrected chi connectivity index (χ2v) is 4.46. The van der Waals surface area contributed by atoms with Gasteiger partial charge in [0, 0.05) is 6.04 Å². The molecule has 0 atom stereocenters. The third-order valence-electron chi connectivity index (χ3n) is 3.02. The predicted octanol–water partition coefficient (Wildman–Crippen LogP) is 1.34. The molecule has 0 saturated heterocycles. The van der Waals surface area contributed by atoms with Crippen LogP contribution in [0, 0.1) is 0 Å². The second kappa shape index (κ2) is 7.37. The SMILES string of the molecule is I.NC(=O)c1ccc(CN=C(N)NC2CCCC2)o1. The van der Waals surface area contributed by atoms with Crippen LogP contribution in [0.15, 0.2) is 21.5 Å². The van der Waals surface area contributed by atoms with Crippen molar-refractivity contribution >= 4 is 35.8 Å². The van der Waals surface area contributed by atoms with Crippen LogP contribution < -0.4 is 16.8 Å². The number of amides is 1. The number of rotatable bonds is 4. The molecule has 2 rings (SSSR count). The highest BCUT2D eigenvalue weighted by Gasteiger charge is 2.14. The van der Waals surface area contributed by atoms with Crippen LogP contribution >= 0.6 is 24.0 Å². The molecule has 1 amide bonds. The van der Waals surface area contributed by atoms with Crippen molar-refractivity contribution in [3.63, 3.8) is 0 Å². The lowest BCUT2D eigenvalue weighted by Gasteiger charge is -2.11. The maximum absolute atomic E-state index is 10.8. The lowest BCUT2D eigenvalue weighted by atomic mass is 10.2. The number of hydrogen-bond acceptors (Lipinski definition) is 3. The number of guanidine groups is 1. The van der Waals surface area contributed by atoms with E-state index in [1.807, 2.05) is 0 Å². The number of nitrogens with one attached hydrogen (secondary N) is 1. The van der Waals surface area contributed by atoms with Crippen molar-refractivity contribution in [1.29, 1.82) is 0 Å². The number of hydrogen-bond donors (Lipinski definition) is 3. The summed E-state index contributed by atoms with van der Waals surface area (Å²) in [5.74, 6) is 0.545. The van der Waals surface area contributed by atoms with Crippen LogP contribution in [-0.2, 0) is 6.54 Å². The van der Waals surface area contributed by atoms with Crippen molar-refractivity contribution in [2.75, 3.05) is 0 Å². The predicted molar refractivity (Wildman–Crippen MR) is 83.4 cm³/mol. The summed E-state index contributed by atoms with van der Waals surface area (Å²) in [5.41, 5.74) is 10.9. The van der Waals surface area contributed by atoms with Crippen molar-refractivity contribution in [2.24, 2.45) is 16.5 Å². The topological polar surface area (TPSA) is 107 Å². The van der Waals surface area contributed by atoms with E-state index in [0.29, 0.717) is 24.3 Å². The highest BCUT2D eigenvalue weighted by molar-refractivity contribution is 14.0. The van der Waals surface area contributed by atoms with Crippen molar-refractivity contribution in [2.45, 2.75) is 38.3 Å². The van der Waals surface area contributed by atoms with Gasteiger partial charge in [0.1, 0.15) is 12.3 Å². The van der Waals surface area contributed by atoms with Crippen molar-refractivity contribution < 1.29 is 9.21 Å². The number of carbonyl (C=O) groups is 1. The molecule has 1 heterocycles. The van der Waals surface area contributed by atoms with Crippen LogP contribution in [0.3, 0.4) is 0 Å². The highest BCUT2D eigenvalue weighted by Crippen LogP contribution is 2.17. The number of aliphatic imine (C=N–C) groups is 1. The Kier molecular flexibility index (Phi) is 6.13. The van der Waals surface area contributed by atoms with Crippen LogP contribution in [0.2, 0.25) is 0 Å². The Morgan fingerprint density at radius 1 is 1.37 bits per heavy atom. The molecule has 1 aromatic heterocycles. The standard InChI is InChI=1S/C12H18N4O2.HI/c13-11(17)10-6-5-9(18-10)7-15-12(14)16-8-3-1-2-4-8;/h5-6,8H,1-4,7H2,(H2,13,17)(H3,14,15,16);1H. The summed E-state index contributed by atoms with van der Waals surface area (Å²) in [5, 5.41) is 3.17. The largest absolute Gasteiger partial charge is 0.454 e. The van der Waals surface area contributed by atoms with Gasteiger partial charge in [-0.05, 0) is 25.0 Å². The summed E-state index contributed by atoms with van der Waals surface area (Å²) in [6.45, 7) is 0.304. The summed E-state index contributed by atoms with van der Waals surface area (Å²) in [6, 6.07) is 3.65. The number of nitrogens with zero attached hydrogens (tertiary/aromatic N) is 1. The third-order valence-corrected chi connectivity index (χ3v) is 3.02. The van der Waals surface area contributed by atoms with Crippen LogP contribution in [0.5, 0.6) is 0 Å². The van der Waals surface area contributed by atoms with E-state index in [2.05, 4.69) is 10.3 Å². The molecule has 0 aromatic carbocycles. The fourth-order valence-corrected chi connectivity index (χ4v) is 2.08. The van der Waals surface area contributed by atoms with E-state index in [-0.39, 0.29) is 29.7 Å². The van der Waals surface area contributed by atoms with Gasteiger partial charge < -0.3 is 21.2 Å². The van der Waals surface area contributed by atoms with Gasteiger partial charge in [0.05, 0.1) is 0 Å². The maximum Gasteiger partial charge on any atom is 0.284 e. The minimum Gasteiger partial charge on any atom is -0.454 e. The molecule has 1 fully saturated rings. The number of primary amides is 1. The lowest BCUT2D eigenvalue weighted by molar-refractivity contribution is 0.0972. The Hall–Kier alpha value is -1.25. The summed E-state index contributed by atoms with van der Waals surface area (Å²) < 4.78 is 5.20. The molecule has 1 aliphatic carbocycles. The van der Waals surface area contributed by atoms with Gasteiger partial charge in [-0.3, -0.25) is 4.79 Å². The minimum atomic E-state index is -0.581. The summed E-state index contributed by atoms with van der Waals surface area (Å²) in [4.78, 5) is 15.0. The number of carbonyl (C=O) groups excluding carboxylic acids is 1. The zero-order valence-electron chi connectivity index (χ0n) is 10.6. The Morgan fingerprint density at radius 2 is 2.05 bits per heavy atom. The summed E-state index contributed by atoms with van der Waals surface area (Å²) in [7, 11) is 0. The van der Waals surface area contributed by atoms with Crippen LogP contribution in [0.25, 0.3) is 0 Å². The zero-order chi connectivity index (χ0) is 13.0. The Labute approximate surface area is 129 Å². The normalized spacial score (nSPS) is 16.1. The molecular weight excluding hydrogens is 359 g/mol. The van der Waals surface area contributed by atoms with Gasteiger partial charge in [-0.2, -0.15) is 0 Å². The molecule has 0 spiro atoms. The summed E-state index contributed by atoms with van der Waals surface area (Å²) in [6.07, 6.45) is 4.77. The van der Waals surface area contributed by atoms with Crippen molar-refractivity contribution in [1.82, 2.24) is 5.32 Å². The second-order valence-electron chi connectivity index (χ2n) is 4.46. The molecule has 0 unspecified atom stereocenters. The quantitative estimate of drug-likeness (QED) is 0.418. The Balaban J connectivity index is 0.00000180. The van der Waals surface area contributed by atoms with E-state index >= 15 is 0 Å². The molecule has 106 valence electrons. The van der Waals surface area contributed by atoms with Crippen LogP contribution in [-0.4, -0.2) is 17.9 Å². The fourth-order valence-electron chi connectivity index (χ4n) is 2.08. The first-order valence-electron chi connectivity index (χ1n) is 6.10. The van der Waals surface area contributed by atoms with Crippen LogP contribution in [0.1, 0.15) is 42.0 Å². The van der Waals surface area contributed by atoms with E-state index in [1.54, 1.807) is 6.07 Å². The molecule has 1 saturated carbocycles. The number of furan rings is 1. The molecule has 19 heavy (non-hydrogen) atoms. The van der Waals surface area contributed by atoms with Gasteiger partial charge in [0.2, 0.25) is 0 Å². The molecule has 1 aliphatic rings. The minimum absolute atomic E-state index is 0. The third kappa shape index (κ3) is 4.73. The van der Waals surface area contributed by atoms with Crippen LogP contribution in [0.4, 0.5) is 0 Å². The first-order valence-corrected chi connectivity index (χ1v) is 6.10. The highest BCUT2D eigenvalue weighted by atomic mass is 127. The fraction of sp³-hybridized carbons (Fsp3) is 0.500. The number of nitrogens with two attached hydrogens (primary N) is 2. The Morgan fingerprint density at radius 3 is 2.63 bits per heavy atom. The average molecular weight is 378 g/mol. The van der Waals surface area contributed by atoms with E-state index in [0.717, 1.165) is 12.8 Å². The molecular formula is C12H19IN4O2. The first-order chi connectivity index (χ1) is 8.65. The van der Waals surface area contributed by atoms with Gasteiger partial charge in [-0.25, -0.2) is 4.99 Å². The monoisotopic (exact) mass is 378 g/mol. The van der Waals surface area contributed by atoms with E-state index in [1.165, 1.54) is 18.9 Å². The van der Waals surface area contributed by atoms with Gasteiger partial charge in [-0.15, -0.1) is 24.0 Å². The number of halogens is 1. The van der Waals surface area contributed by atoms with Gasteiger partial charge in [-0.1, -0.05) is 12.8 Å². The van der Waals surface area contributed by atoms with Gasteiger partial charge in [0.15, 0.2) is 11.7 Å². The summed E-state index contributed by atoms with van der Waals surface area (Å²) >= 11 is 0. The van der Waals surface area contributed by atoms with Crippen molar-refractivity contribution in [3.8, 4) is 0 Å². The van der Waals surface area contributed by atoms with E-state index in [4.69, 9.17) is 15.9 Å². The van der Waals surface area contributed by atoms with Crippen molar-refractivity contribution in [3.05, 3.63) is 23.7 Å². The molecule has 6 nitrogen and oxygen atoms in total.